The zero-order chi connectivity index (χ0) is 9.14. The number of aromatic nitrogens is 1. The van der Waals surface area contributed by atoms with Crippen molar-refractivity contribution in [1.82, 2.24) is 4.73 Å². The lowest BCUT2D eigenvalue weighted by atomic mass is 10.1. The molecule has 1 rings (SSSR count). The Morgan fingerprint density at radius 3 is 2.83 bits per heavy atom. The van der Waals surface area contributed by atoms with Crippen molar-refractivity contribution in [3.63, 3.8) is 0 Å². The molecular formula is C9H13NOS. The Bertz CT molecular complexity index is 330. The summed E-state index contributed by atoms with van der Waals surface area (Å²) >= 11 is 4.90. The molecule has 0 radical (unpaired) electrons. The number of nitrogens with zero attached hydrogens (tertiary/aromatic N) is 1. The van der Waals surface area contributed by atoms with E-state index in [-0.39, 0.29) is 0 Å². The SMILES string of the molecule is CCCc1cn(O)c(=S)cc1C. The van der Waals surface area contributed by atoms with Gasteiger partial charge in [-0.3, -0.25) is 0 Å². The van der Waals surface area contributed by atoms with Gasteiger partial charge >= 0.3 is 0 Å². The van der Waals surface area contributed by atoms with Crippen LogP contribution in [-0.4, -0.2) is 9.94 Å². The quantitative estimate of drug-likeness (QED) is 0.563. The summed E-state index contributed by atoms with van der Waals surface area (Å²) in [6.45, 7) is 4.13. The smallest absolute Gasteiger partial charge is 0.142 e. The largest absolute Gasteiger partial charge is 0.428 e. The molecule has 0 fully saturated rings. The van der Waals surface area contributed by atoms with E-state index in [0.29, 0.717) is 4.64 Å². The predicted molar refractivity (Wildman–Crippen MR) is 51.2 cm³/mol. The summed E-state index contributed by atoms with van der Waals surface area (Å²) in [5.74, 6) is 0. The van der Waals surface area contributed by atoms with Crippen LogP contribution in [0.5, 0.6) is 0 Å². The summed E-state index contributed by atoms with van der Waals surface area (Å²) in [5.41, 5.74) is 2.32. The van der Waals surface area contributed by atoms with Crippen molar-refractivity contribution in [1.29, 1.82) is 0 Å². The second-order valence-electron chi connectivity index (χ2n) is 2.91. The van der Waals surface area contributed by atoms with E-state index < -0.39 is 0 Å². The van der Waals surface area contributed by atoms with E-state index >= 15 is 0 Å². The Labute approximate surface area is 77.4 Å². The van der Waals surface area contributed by atoms with Crippen molar-refractivity contribution in [2.75, 3.05) is 0 Å². The second-order valence-corrected chi connectivity index (χ2v) is 3.33. The lowest BCUT2D eigenvalue weighted by molar-refractivity contribution is 0.179. The Morgan fingerprint density at radius 2 is 2.25 bits per heavy atom. The van der Waals surface area contributed by atoms with E-state index in [0.717, 1.165) is 28.7 Å². The Hall–Kier alpha value is -0.830. The molecular weight excluding hydrogens is 170 g/mol. The molecule has 0 bridgehead atoms. The van der Waals surface area contributed by atoms with Gasteiger partial charge in [-0.2, -0.15) is 4.73 Å². The lowest BCUT2D eigenvalue weighted by Crippen LogP contribution is -1.99. The molecule has 0 unspecified atom stereocenters. The van der Waals surface area contributed by atoms with Crippen molar-refractivity contribution in [3.05, 3.63) is 28.0 Å². The highest BCUT2D eigenvalue weighted by Gasteiger charge is 1.98. The minimum atomic E-state index is 0.465. The van der Waals surface area contributed by atoms with Crippen molar-refractivity contribution in [3.8, 4) is 0 Å². The third kappa shape index (κ3) is 1.85. The van der Waals surface area contributed by atoms with Gasteiger partial charge in [0.15, 0.2) is 0 Å². The molecule has 2 nitrogen and oxygen atoms in total. The molecule has 0 atom stereocenters. The van der Waals surface area contributed by atoms with Gasteiger partial charge < -0.3 is 5.21 Å². The molecule has 1 heterocycles. The Morgan fingerprint density at radius 1 is 1.58 bits per heavy atom. The Balaban J connectivity index is 3.14. The normalized spacial score (nSPS) is 10.2. The van der Waals surface area contributed by atoms with E-state index in [9.17, 15) is 5.21 Å². The summed E-state index contributed by atoms with van der Waals surface area (Å²) in [4.78, 5) is 0. The summed E-state index contributed by atoms with van der Waals surface area (Å²) in [5, 5.41) is 9.26. The maximum Gasteiger partial charge on any atom is 0.142 e. The maximum atomic E-state index is 9.26. The van der Waals surface area contributed by atoms with Crippen molar-refractivity contribution in [2.24, 2.45) is 0 Å². The first-order valence-electron chi connectivity index (χ1n) is 4.06. The molecule has 0 spiro atoms. The molecule has 0 amide bonds. The van der Waals surface area contributed by atoms with Gasteiger partial charge in [-0.1, -0.05) is 25.6 Å². The predicted octanol–water partition coefficient (Wildman–Crippen LogP) is 2.72. The average Bonchev–Trinajstić information content (AvgIpc) is 2.01. The minimum absolute atomic E-state index is 0.465. The topological polar surface area (TPSA) is 25.2 Å². The third-order valence-corrected chi connectivity index (χ3v) is 2.17. The number of hydrogen-bond donors (Lipinski definition) is 1. The van der Waals surface area contributed by atoms with Gasteiger partial charge in [0.25, 0.3) is 0 Å². The van der Waals surface area contributed by atoms with Crippen LogP contribution in [0.1, 0.15) is 24.5 Å². The molecule has 1 aromatic heterocycles. The zero-order valence-electron chi connectivity index (χ0n) is 7.37. The van der Waals surface area contributed by atoms with Gasteiger partial charge in [0.05, 0.1) is 0 Å². The number of rotatable bonds is 2. The van der Waals surface area contributed by atoms with Crippen LogP contribution in [0, 0.1) is 11.6 Å². The van der Waals surface area contributed by atoms with E-state index in [1.165, 1.54) is 0 Å². The molecule has 0 aliphatic carbocycles. The number of aryl methyl sites for hydroxylation is 2. The molecule has 3 heteroatoms. The standard InChI is InChI=1S/C9H13NOS/c1-3-4-8-6-10(11)9(12)5-7(8)2/h5-6,11H,3-4H2,1-2H3. The number of pyridine rings is 1. The highest BCUT2D eigenvalue weighted by molar-refractivity contribution is 7.71. The molecule has 0 aliphatic rings. The van der Waals surface area contributed by atoms with Gasteiger partial charge in [0.1, 0.15) is 4.64 Å². The van der Waals surface area contributed by atoms with Crippen LogP contribution in [-0.2, 0) is 6.42 Å². The summed E-state index contributed by atoms with van der Waals surface area (Å²) in [6.07, 6.45) is 3.76. The fourth-order valence-corrected chi connectivity index (χ4v) is 1.42. The summed E-state index contributed by atoms with van der Waals surface area (Å²) in [7, 11) is 0. The monoisotopic (exact) mass is 183 g/mol. The highest BCUT2D eigenvalue weighted by atomic mass is 32.1. The first-order valence-corrected chi connectivity index (χ1v) is 4.47. The highest BCUT2D eigenvalue weighted by Crippen LogP contribution is 2.09. The molecule has 0 aromatic carbocycles. The van der Waals surface area contributed by atoms with Crippen molar-refractivity contribution in [2.45, 2.75) is 26.7 Å². The molecule has 12 heavy (non-hydrogen) atoms. The fourth-order valence-electron chi connectivity index (χ4n) is 1.19. The lowest BCUT2D eigenvalue weighted by Gasteiger charge is -2.05. The van der Waals surface area contributed by atoms with Crippen LogP contribution in [0.25, 0.3) is 0 Å². The van der Waals surface area contributed by atoms with E-state index in [4.69, 9.17) is 12.2 Å². The first-order chi connectivity index (χ1) is 5.65. The summed E-state index contributed by atoms with van der Waals surface area (Å²) < 4.78 is 1.47. The molecule has 0 saturated heterocycles. The second kappa shape index (κ2) is 3.72. The van der Waals surface area contributed by atoms with Gasteiger partial charge in [0.2, 0.25) is 0 Å². The molecule has 66 valence electrons. The van der Waals surface area contributed by atoms with Gasteiger partial charge in [0, 0.05) is 6.20 Å². The maximum absolute atomic E-state index is 9.26. The van der Waals surface area contributed by atoms with Gasteiger partial charge in [-0.25, -0.2) is 0 Å². The van der Waals surface area contributed by atoms with Crippen LogP contribution >= 0.6 is 12.2 Å². The van der Waals surface area contributed by atoms with Crippen molar-refractivity contribution < 1.29 is 5.21 Å². The van der Waals surface area contributed by atoms with Crippen LogP contribution in [0.3, 0.4) is 0 Å². The number of hydrogen-bond acceptors (Lipinski definition) is 2. The first kappa shape index (κ1) is 9.26. The van der Waals surface area contributed by atoms with Crippen LogP contribution in [0.15, 0.2) is 12.3 Å². The molecule has 1 N–H and O–H groups in total. The molecule has 1 aromatic rings. The van der Waals surface area contributed by atoms with E-state index in [2.05, 4.69) is 6.92 Å². The fraction of sp³-hybridized carbons (Fsp3) is 0.444. The van der Waals surface area contributed by atoms with Gasteiger partial charge in [-0.05, 0) is 30.5 Å². The van der Waals surface area contributed by atoms with Crippen molar-refractivity contribution >= 4 is 12.2 Å². The van der Waals surface area contributed by atoms with Crippen LogP contribution in [0.2, 0.25) is 0 Å². The van der Waals surface area contributed by atoms with E-state index in [1.807, 2.05) is 13.0 Å². The molecule has 0 aliphatic heterocycles. The van der Waals surface area contributed by atoms with Gasteiger partial charge in [-0.15, -0.1) is 0 Å². The molecule has 0 saturated carbocycles. The minimum Gasteiger partial charge on any atom is -0.428 e. The third-order valence-electron chi connectivity index (χ3n) is 1.87. The van der Waals surface area contributed by atoms with Crippen LogP contribution < -0.4 is 0 Å². The van der Waals surface area contributed by atoms with E-state index in [1.54, 1.807) is 6.20 Å². The van der Waals surface area contributed by atoms with Crippen LogP contribution in [0.4, 0.5) is 0 Å². The Kier molecular flexibility index (Phi) is 2.87. The summed E-state index contributed by atoms with van der Waals surface area (Å²) in [6, 6.07) is 1.82. The zero-order valence-corrected chi connectivity index (χ0v) is 8.19. The average molecular weight is 183 g/mol.